The Kier molecular flexibility index (Phi) is 7.95. The fourth-order valence-corrected chi connectivity index (χ4v) is 4.07. The number of para-hydroxylation sites is 1. The van der Waals surface area contributed by atoms with Crippen LogP contribution in [0.1, 0.15) is 28.8 Å². The van der Waals surface area contributed by atoms with Gasteiger partial charge < -0.3 is 29.2 Å². The number of fused-ring (bicyclic) bond motifs is 1. The summed E-state index contributed by atoms with van der Waals surface area (Å²) in [5.41, 5.74) is 2.53. The molecule has 0 aromatic heterocycles. The number of anilines is 2. The van der Waals surface area contributed by atoms with Crippen molar-refractivity contribution in [2.24, 2.45) is 0 Å². The van der Waals surface area contributed by atoms with Crippen LogP contribution in [0.5, 0.6) is 23.0 Å². The molecule has 8 nitrogen and oxygen atoms in total. The summed E-state index contributed by atoms with van der Waals surface area (Å²) in [6.07, 6.45) is 1.55. The summed E-state index contributed by atoms with van der Waals surface area (Å²) in [7, 11) is 2.99. The van der Waals surface area contributed by atoms with Gasteiger partial charge in [0.25, 0.3) is 11.8 Å². The molecule has 0 bridgehead atoms. The van der Waals surface area contributed by atoms with Gasteiger partial charge in [0.2, 0.25) is 0 Å². The standard InChI is InChI=1S/C28H30N2O6/c1-19-9-4-5-10-22(19)35-16-7-6-15-30-21-17-20(13-14-23(21)36-18-26(30)31)29-28(32)27-24(33-2)11-8-12-25(27)34-3/h4-5,8-14,17H,6-7,15-16,18H2,1-3H3,(H,29,32). The fourth-order valence-electron chi connectivity index (χ4n) is 4.07. The van der Waals surface area contributed by atoms with Gasteiger partial charge in [0.05, 0.1) is 26.5 Å². The van der Waals surface area contributed by atoms with Crippen molar-refractivity contribution in [3.8, 4) is 23.0 Å². The van der Waals surface area contributed by atoms with E-state index in [2.05, 4.69) is 5.32 Å². The molecule has 0 unspecified atom stereocenters. The van der Waals surface area contributed by atoms with Gasteiger partial charge in [-0.15, -0.1) is 0 Å². The molecule has 1 N–H and O–H groups in total. The van der Waals surface area contributed by atoms with Gasteiger partial charge in [-0.3, -0.25) is 9.59 Å². The second kappa shape index (κ2) is 11.5. The molecule has 0 saturated heterocycles. The Labute approximate surface area is 210 Å². The van der Waals surface area contributed by atoms with Crippen LogP contribution in [0.2, 0.25) is 0 Å². The third-order valence-electron chi connectivity index (χ3n) is 5.94. The lowest BCUT2D eigenvalue weighted by Crippen LogP contribution is -2.39. The number of hydrogen-bond acceptors (Lipinski definition) is 6. The van der Waals surface area contributed by atoms with E-state index in [9.17, 15) is 9.59 Å². The number of carbonyl (C=O) groups is 2. The van der Waals surface area contributed by atoms with Crippen molar-refractivity contribution < 1.29 is 28.5 Å². The summed E-state index contributed by atoms with van der Waals surface area (Å²) in [5, 5.41) is 2.88. The van der Waals surface area contributed by atoms with Gasteiger partial charge in [0.15, 0.2) is 6.61 Å². The molecular weight excluding hydrogens is 460 g/mol. The van der Waals surface area contributed by atoms with Crippen LogP contribution in [0.25, 0.3) is 0 Å². The molecule has 0 fully saturated rings. The molecule has 2 amide bonds. The molecule has 0 aliphatic carbocycles. The minimum atomic E-state index is -0.382. The minimum Gasteiger partial charge on any atom is -0.496 e. The number of benzene rings is 3. The van der Waals surface area contributed by atoms with Crippen LogP contribution in [0.3, 0.4) is 0 Å². The average molecular weight is 491 g/mol. The highest BCUT2D eigenvalue weighted by atomic mass is 16.5. The number of nitrogens with one attached hydrogen (secondary N) is 1. The lowest BCUT2D eigenvalue weighted by molar-refractivity contribution is -0.121. The zero-order chi connectivity index (χ0) is 25.5. The summed E-state index contributed by atoms with van der Waals surface area (Å²) < 4.78 is 22.2. The number of nitrogens with zero attached hydrogens (tertiary/aromatic N) is 1. The summed E-state index contributed by atoms with van der Waals surface area (Å²) in [4.78, 5) is 27.4. The number of hydrogen-bond donors (Lipinski definition) is 1. The summed E-state index contributed by atoms with van der Waals surface area (Å²) in [6.45, 7) is 3.08. The highest BCUT2D eigenvalue weighted by Gasteiger charge is 2.26. The van der Waals surface area contributed by atoms with Gasteiger partial charge >= 0.3 is 0 Å². The average Bonchev–Trinajstić information content (AvgIpc) is 2.90. The van der Waals surface area contributed by atoms with Gasteiger partial charge in [-0.25, -0.2) is 0 Å². The summed E-state index contributed by atoms with van der Waals surface area (Å²) >= 11 is 0. The zero-order valence-corrected chi connectivity index (χ0v) is 20.7. The lowest BCUT2D eigenvalue weighted by atomic mass is 10.1. The van der Waals surface area contributed by atoms with Crippen molar-refractivity contribution in [2.45, 2.75) is 19.8 Å². The third-order valence-corrected chi connectivity index (χ3v) is 5.94. The second-order valence-corrected chi connectivity index (χ2v) is 8.33. The van der Waals surface area contributed by atoms with E-state index in [1.54, 1.807) is 41.3 Å². The number of rotatable bonds is 10. The fraction of sp³-hybridized carbons (Fsp3) is 0.286. The first-order valence-corrected chi connectivity index (χ1v) is 11.8. The lowest BCUT2D eigenvalue weighted by Gasteiger charge is -2.30. The molecule has 1 aliphatic heterocycles. The van der Waals surface area contributed by atoms with Crippen molar-refractivity contribution >= 4 is 23.2 Å². The quantitative estimate of drug-likeness (QED) is 0.409. The Morgan fingerprint density at radius 3 is 2.42 bits per heavy atom. The van der Waals surface area contributed by atoms with E-state index < -0.39 is 0 Å². The SMILES string of the molecule is COc1cccc(OC)c1C(=O)Nc1ccc2c(c1)N(CCCCOc1ccccc1C)C(=O)CO2. The van der Waals surface area contributed by atoms with Gasteiger partial charge in [0, 0.05) is 12.2 Å². The number of aryl methyl sites for hydroxylation is 1. The summed E-state index contributed by atoms with van der Waals surface area (Å²) in [6, 6.07) is 18.3. The topological polar surface area (TPSA) is 86.3 Å². The van der Waals surface area contributed by atoms with Crippen LogP contribution in [0, 0.1) is 6.92 Å². The number of unbranched alkanes of at least 4 members (excludes halogenated alkanes) is 1. The third kappa shape index (κ3) is 5.54. The van der Waals surface area contributed by atoms with E-state index in [1.165, 1.54) is 14.2 Å². The molecule has 1 heterocycles. The van der Waals surface area contributed by atoms with E-state index in [4.69, 9.17) is 18.9 Å². The molecule has 0 atom stereocenters. The van der Waals surface area contributed by atoms with Crippen molar-refractivity contribution in [3.63, 3.8) is 0 Å². The molecule has 0 radical (unpaired) electrons. The van der Waals surface area contributed by atoms with Crippen molar-refractivity contribution in [3.05, 3.63) is 71.8 Å². The molecule has 188 valence electrons. The van der Waals surface area contributed by atoms with E-state index in [-0.39, 0.29) is 24.0 Å². The minimum absolute atomic E-state index is 0.0170. The zero-order valence-electron chi connectivity index (χ0n) is 20.7. The van der Waals surface area contributed by atoms with Crippen LogP contribution in [-0.4, -0.2) is 45.8 Å². The Bertz CT molecular complexity index is 1220. The number of ether oxygens (including phenoxy) is 4. The van der Waals surface area contributed by atoms with Crippen molar-refractivity contribution in [1.29, 1.82) is 0 Å². The monoisotopic (exact) mass is 490 g/mol. The molecule has 8 heteroatoms. The normalized spacial score (nSPS) is 12.4. The maximum absolute atomic E-state index is 13.1. The molecule has 0 spiro atoms. The number of carbonyl (C=O) groups excluding carboxylic acids is 2. The molecule has 0 saturated carbocycles. The number of methoxy groups -OCH3 is 2. The first kappa shape index (κ1) is 24.9. The predicted molar refractivity (Wildman–Crippen MR) is 138 cm³/mol. The van der Waals surface area contributed by atoms with Gasteiger partial charge in [-0.1, -0.05) is 24.3 Å². The van der Waals surface area contributed by atoms with Gasteiger partial charge in [-0.05, 0) is 61.7 Å². The second-order valence-electron chi connectivity index (χ2n) is 8.33. The molecule has 3 aromatic carbocycles. The summed E-state index contributed by atoms with van der Waals surface area (Å²) in [5.74, 6) is 1.76. The van der Waals surface area contributed by atoms with Crippen LogP contribution in [-0.2, 0) is 4.79 Å². The highest BCUT2D eigenvalue weighted by molar-refractivity contribution is 6.09. The van der Waals surface area contributed by atoms with E-state index >= 15 is 0 Å². The van der Waals surface area contributed by atoms with Crippen molar-refractivity contribution in [2.75, 3.05) is 44.2 Å². The van der Waals surface area contributed by atoms with E-state index in [1.807, 2.05) is 31.2 Å². The Morgan fingerprint density at radius 1 is 0.972 bits per heavy atom. The molecule has 36 heavy (non-hydrogen) atoms. The van der Waals surface area contributed by atoms with Crippen molar-refractivity contribution in [1.82, 2.24) is 0 Å². The first-order chi connectivity index (χ1) is 17.5. The molecule has 3 aromatic rings. The smallest absolute Gasteiger partial charge is 0.265 e. The van der Waals surface area contributed by atoms with Crippen LogP contribution >= 0.6 is 0 Å². The Hall–Kier alpha value is -4.20. The predicted octanol–water partition coefficient (Wildman–Crippen LogP) is 4.85. The molecular formula is C28H30N2O6. The van der Waals surface area contributed by atoms with E-state index in [0.717, 1.165) is 24.2 Å². The van der Waals surface area contributed by atoms with Crippen LogP contribution in [0.15, 0.2) is 60.7 Å². The maximum Gasteiger partial charge on any atom is 0.265 e. The highest BCUT2D eigenvalue weighted by Crippen LogP contribution is 2.36. The first-order valence-electron chi connectivity index (χ1n) is 11.8. The Morgan fingerprint density at radius 2 is 1.69 bits per heavy atom. The molecule has 4 rings (SSSR count). The van der Waals surface area contributed by atoms with Gasteiger partial charge in [0.1, 0.15) is 28.6 Å². The maximum atomic E-state index is 13.1. The number of amides is 2. The largest absolute Gasteiger partial charge is 0.496 e. The van der Waals surface area contributed by atoms with Crippen LogP contribution in [0.4, 0.5) is 11.4 Å². The van der Waals surface area contributed by atoms with E-state index in [0.29, 0.717) is 41.8 Å². The van der Waals surface area contributed by atoms with Crippen LogP contribution < -0.4 is 29.2 Å². The Balaban J connectivity index is 1.43. The molecule has 1 aliphatic rings. The van der Waals surface area contributed by atoms with Gasteiger partial charge in [-0.2, -0.15) is 0 Å².